The van der Waals surface area contributed by atoms with E-state index in [-0.39, 0.29) is 24.2 Å². The Kier molecular flexibility index (Phi) is 5.72. The molecule has 0 saturated heterocycles. The van der Waals surface area contributed by atoms with Crippen LogP contribution in [-0.4, -0.2) is 36.1 Å². The van der Waals surface area contributed by atoms with E-state index < -0.39 is 6.04 Å². The molecule has 0 spiro atoms. The molecule has 1 aromatic rings. The SMILES string of the molecule is CNC(=O)C(CCC=O)N1Cc2c(ccc(CN)c2C(C)C)C1=O. The van der Waals surface area contributed by atoms with Crippen LogP contribution in [0.25, 0.3) is 0 Å². The molecule has 24 heavy (non-hydrogen) atoms. The summed E-state index contributed by atoms with van der Waals surface area (Å²) >= 11 is 0. The smallest absolute Gasteiger partial charge is 0.255 e. The van der Waals surface area contributed by atoms with Gasteiger partial charge in [-0.2, -0.15) is 0 Å². The number of benzene rings is 1. The summed E-state index contributed by atoms with van der Waals surface area (Å²) in [4.78, 5) is 37.3. The standard InChI is InChI=1S/C18H25N3O3/c1-11(2)16-12(9-19)6-7-13-14(16)10-21(18(13)24)15(5-4-8-22)17(23)20-3/h6-8,11,15H,4-5,9-10,19H2,1-3H3,(H,20,23). The molecule has 3 N–H and O–H groups in total. The highest BCUT2D eigenvalue weighted by Crippen LogP contribution is 2.34. The second-order valence-electron chi connectivity index (χ2n) is 6.33. The number of nitrogens with two attached hydrogens (primary N) is 1. The van der Waals surface area contributed by atoms with Crippen LogP contribution in [0.4, 0.5) is 0 Å². The summed E-state index contributed by atoms with van der Waals surface area (Å²) in [5, 5.41) is 2.59. The second kappa shape index (κ2) is 7.57. The Bertz CT molecular complexity index is 655. The minimum Gasteiger partial charge on any atom is -0.357 e. The molecule has 0 radical (unpaired) electrons. The predicted octanol–water partition coefficient (Wildman–Crippen LogP) is 1.32. The van der Waals surface area contributed by atoms with Crippen LogP contribution in [0.3, 0.4) is 0 Å². The third-order valence-corrected chi connectivity index (χ3v) is 4.55. The first kappa shape index (κ1) is 18.1. The van der Waals surface area contributed by atoms with Gasteiger partial charge in [-0.1, -0.05) is 19.9 Å². The molecule has 0 fully saturated rings. The number of hydrogen-bond acceptors (Lipinski definition) is 4. The summed E-state index contributed by atoms with van der Waals surface area (Å²) < 4.78 is 0. The number of fused-ring (bicyclic) bond motifs is 1. The van der Waals surface area contributed by atoms with Gasteiger partial charge < -0.3 is 20.7 Å². The lowest BCUT2D eigenvalue weighted by Crippen LogP contribution is -2.46. The maximum atomic E-state index is 12.8. The van der Waals surface area contributed by atoms with Gasteiger partial charge in [-0.15, -0.1) is 0 Å². The number of aldehydes is 1. The monoisotopic (exact) mass is 331 g/mol. The van der Waals surface area contributed by atoms with Crippen molar-refractivity contribution in [1.29, 1.82) is 0 Å². The highest BCUT2D eigenvalue weighted by molar-refractivity contribution is 6.01. The average Bonchev–Trinajstić information content (AvgIpc) is 2.90. The number of hydrogen-bond donors (Lipinski definition) is 2. The summed E-state index contributed by atoms with van der Waals surface area (Å²) in [6.07, 6.45) is 1.34. The fourth-order valence-corrected chi connectivity index (χ4v) is 3.45. The topological polar surface area (TPSA) is 92.5 Å². The summed E-state index contributed by atoms with van der Waals surface area (Å²) in [7, 11) is 1.54. The van der Waals surface area contributed by atoms with Crippen molar-refractivity contribution in [2.45, 2.75) is 51.7 Å². The number of likely N-dealkylation sites (N-methyl/N-ethyl adjacent to an activating group) is 1. The van der Waals surface area contributed by atoms with E-state index in [4.69, 9.17) is 5.73 Å². The molecule has 1 aromatic carbocycles. The van der Waals surface area contributed by atoms with Crippen LogP contribution in [0, 0.1) is 0 Å². The Labute approximate surface area is 142 Å². The molecule has 1 aliphatic rings. The zero-order valence-corrected chi connectivity index (χ0v) is 14.5. The van der Waals surface area contributed by atoms with Crippen molar-refractivity contribution >= 4 is 18.1 Å². The van der Waals surface area contributed by atoms with Gasteiger partial charge in [-0.25, -0.2) is 0 Å². The number of rotatable bonds is 7. The fourth-order valence-electron chi connectivity index (χ4n) is 3.45. The Morgan fingerprint density at radius 2 is 2.12 bits per heavy atom. The number of nitrogens with one attached hydrogen (secondary N) is 1. The zero-order chi connectivity index (χ0) is 17.9. The summed E-state index contributed by atoms with van der Waals surface area (Å²) in [5.41, 5.74) is 9.56. The van der Waals surface area contributed by atoms with Gasteiger partial charge in [0.15, 0.2) is 0 Å². The molecule has 6 heteroatoms. The maximum Gasteiger partial charge on any atom is 0.255 e. The first-order valence-electron chi connectivity index (χ1n) is 8.27. The van der Waals surface area contributed by atoms with E-state index in [2.05, 4.69) is 19.2 Å². The summed E-state index contributed by atoms with van der Waals surface area (Å²) in [6.45, 7) is 4.94. The molecule has 1 atom stereocenters. The van der Waals surface area contributed by atoms with Crippen LogP contribution in [0.2, 0.25) is 0 Å². The molecule has 0 aliphatic carbocycles. The lowest BCUT2D eigenvalue weighted by atomic mass is 9.90. The molecule has 6 nitrogen and oxygen atoms in total. The van der Waals surface area contributed by atoms with Gasteiger partial charge in [-0.05, 0) is 35.1 Å². The number of carbonyl (C=O) groups is 3. The zero-order valence-electron chi connectivity index (χ0n) is 14.5. The van der Waals surface area contributed by atoms with Gasteiger partial charge in [0.1, 0.15) is 12.3 Å². The van der Waals surface area contributed by atoms with E-state index in [0.717, 1.165) is 23.0 Å². The lowest BCUT2D eigenvalue weighted by Gasteiger charge is -2.26. The van der Waals surface area contributed by atoms with Crippen LogP contribution < -0.4 is 11.1 Å². The van der Waals surface area contributed by atoms with Crippen molar-refractivity contribution in [3.05, 3.63) is 34.4 Å². The summed E-state index contributed by atoms with van der Waals surface area (Å²) in [5.74, 6) is -0.169. The maximum absolute atomic E-state index is 12.8. The van der Waals surface area contributed by atoms with Crippen molar-refractivity contribution in [2.75, 3.05) is 7.05 Å². The molecular formula is C18H25N3O3. The van der Waals surface area contributed by atoms with Crippen molar-refractivity contribution in [3.63, 3.8) is 0 Å². The molecule has 2 rings (SSSR count). The van der Waals surface area contributed by atoms with Crippen molar-refractivity contribution in [1.82, 2.24) is 10.2 Å². The Morgan fingerprint density at radius 3 is 2.67 bits per heavy atom. The number of carbonyl (C=O) groups excluding carboxylic acids is 3. The molecule has 1 aliphatic heterocycles. The Morgan fingerprint density at radius 1 is 1.42 bits per heavy atom. The fraction of sp³-hybridized carbons (Fsp3) is 0.500. The van der Waals surface area contributed by atoms with Crippen molar-refractivity contribution in [3.8, 4) is 0 Å². The molecule has 1 heterocycles. The Balaban J connectivity index is 2.43. The molecule has 1 unspecified atom stereocenters. The van der Waals surface area contributed by atoms with Crippen LogP contribution in [0.15, 0.2) is 12.1 Å². The molecule has 2 amide bonds. The minimum absolute atomic E-state index is 0.157. The van der Waals surface area contributed by atoms with Gasteiger partial charge in [0.25, 0.3) is 5.91 Å². The van der Waals surface area contributed by atoms with E-state index in [1.807, 2.05) is 6.07 Å². The van der Waals surface area contributed by atoms with Gasteiger partial charge >= 0.3 is 0 Å². The van der Waals surface area contributed by atoms with E-state index >= 15 is 0 Å². The predicted molar refractivity (Wildman–Crippen MR) is 91.4 cm³/mol. The molecule has 0 bridgehead atoms. The summed E-state index contributed by atoms with van der Waals surface area (Å²) in [6, 6.07) is 3.06. The van der Waals surface area contributed by atoms with Crippen LogP contribution >= 0.6 is 0 Å². The minimum atomic E-state index is -0.638. The van der Waals surface area contributed by atoms with E-state index in [0.29, 0.717) is 25.1 Å². The molecular weight excluding hydrogens is 306 g/mol. The first-order chi connectivity index (χ1) is 11.5. The molecule has 0 aromatic heterocycles. The number of amides is 2. The third-order valence-electron chi connectivity index (χ3n) is 4.55. The Hall–Kier alpha value is -2.21. The van der Waals surface area contributed by atoms with Gasteiger partial charge in [-0.3, -0.25) is 9.59 Å². The van der Waals surface area contributed by atoms with Crippen molar-refractivity contribution in [2.24, 2.45) is 5.73 Å². The van der Waals surface area contributed by atoms with Gasteiger partial charge in [0.2, 0.25) is 5.91 Å². The van der Waals surface area contributed by atoms with E-state index in [1.165, 1.54) is 7.05 Å². The van der Waals surface area contributed by atoms with Crippen LogP contribution in [-0.2, 0) is 22.7 Å². The highest BCUT2D eigenvalue weighted by Gasteiger charge is 2.37. The second-order valence-corrected chi connectivity index (χ2v) is 6.33. The third kappa shape index (κ3) is 3.19. The van der Waals surface area contributed by atoms with Crippen LogP contribution in [0.1, 0.15) is 59.7 Å². The van der Waals surface area contributed by atoms with Crippen molar-refractivity contribution < 1.29 is 14.4 Å². The van der Waals surface area contributed by atoms with Crippen LogP contribution in [0.5, 0.6) is 0 Å². The van der Waals surface area contributed by atoms with E-state index in [1.54, 1.807) is 11.0 Å². The first-order valence-corrected chi connectivity index (χ1v) is 8.27. The lowest BCUT2D eigenvalue weighted by molar-refractivity contribution is -0.125. The largest absolute Gasteiger partial charge is 0.357 e. The van der Waals surface area contributed by atoms with Gasteiger partial charge in [0.05, 0.1) is 0 Å². The average molecular weight is 331 g/mol. The number of nitrogens with zero attached hydrogens (tertiary/aromatic N) is 1. The normalized spacial score (nSPS) is 14.7. The molecule has 0 saturated carbocycles. The van der Waals surface area contributed by atoms with Gasteiger partial charge in [0, 0.05) is 32.1 Å². The highest BCUT2D eigenvalue weighted by atomic mass is 16.2. The quantitative estimate of drug-likeness (QED) is 0.737. The van der Waals surface area contributed by atoms with E-state index in [9.17, 15) is 14.4 Å². The molecule has 130 valence electrons.